The van der Waals surface area contributed by atoms with Crippen LogP contribution in [0, 0.1) is 25.7 Å². The predicted octanol–water partition coefficient (Wildman–Crippen LogP) is 7.52. The third-order valence-corrected chi connectivity index (χ3v) is 17.4. The number of allylic oxidation sites excluding steroid dienone is 2. The van der Waals surface area contributed by atoms with Crippen molar-refractivity contribution in [3.63, 3.8) is 0 Å². The number of carbonyl (C=O) groups excluding carboxylic acids is 6. The standard InChI is InChI=1S/C57H69IN14O8/c1-8-12-13-18-57(58,9-2)40-29-47(74)68(55(40)78)21-16-46(73)67-31-35(32-67)17-22-80-45-28-36(50(59)75)25-38-39-30-61-52(42-23-33(5)65-71(42)10-3)63-53(39)69(48(38)45)19-14-15-20-70-49-41(26-37(51(60)76)27-44(49)79-7)62-56(70)64-54(77)43-24-34(6)66-72(43)11-4/h14-15,23-28,30,35,40H,8-13,16-22,29,31-32H2,1-7H3,(H2,59,75)(H2,60,76)(H,62,64,77)/b15-14+. The summed E-state index contributed by atoms with van der Waals surface area (Å²) in [4.78, 5) is 97.1. The van der Waals surface area contributed by atoms with Gasteiger partial charge in [-0.3, -0.25) is 48.3 Å². The van der Waals surface area contributed by atoms with Crippen molar-refractivity contribution in [2.24, 2.45) is 23.3 Å². The minimum Gasteiger partial charge on any atom is -0.494 e. The summed E-state index contributed by atoms with van der Waals surface area (Å²) >= 11 is 2.39. The lowest BCUT2D eigenvalue weighted by atomic mass is 9.84. The largest absolute Gasteiger partial charge is 0.494 e. The first-order valence-electron chi connectivity index (χ1n) is 27.4. The number of carbonyl (C=O) groups is 6. The molecule has 0 bridgehead atoms. The summed E-state index contributed by atoms with van der Waals surface area (Å²) in [5, 5.41) is 13.3. The molecule has 2 atom stereocenters. The number of imide groups is 1. The lowest BCUT2D eigenvalue weighted by Crippen LogP contribution is -2.51. The van der Waals surface area contributed by atoms with Gasteiger partial charge in [0.05, 0.1) is 42.1 Å². The smallest absolute Gasteiger partial charge is 0.276 e. The van der Waals surface area contributed by atoms with Crippen LogP contribution in [0.2, 0.25) is 0 Å². The van der Waals surface area contributed by atoms with E-state index in [4.69, 9.17) is 35.9 Å². The Balaban J connectivity index is 0.970. The van der Waals surface area contributed by atoms with Gasteiger partial charge in [0, 0.05) is 90.2 Å². The molecule has 5 N–H and O–H groups in total. The summed E-state index contributed by atoms with van der Waals surface area (Å²) < 4.78 is 19.3. The van der Waals surface area contributed by atoms with E-state index in [0.29, 0.717) is 94.3 Å². The maximum absolute atomic E-state index is 13.8. The van der Waals surface area contributed by atoms with Crippen LogP contribution in [0.1, 0.15) is 122 Å². The number of amides is 6. The topological polar surface area (TPSA) is 276 Å². The van der Waals surface area contributed by atoms with Gasteiger partial charge in [-0.05, 0) is 89.3 Å². The molecule has 7 heterocycles. The molecule has 6 amide bonds. The third-order valence-electron chi connectivity index (χ3n) is 15.4. The maximum atomic E-state index is 13.8. The number of aromatic nitrogens is 9. The van der Waals surface area contributed by atoms with Crippen molar-refractivity contribution >= 4 is 97.0 Å². The number of imidazole rings is 1. The summed E-state index contributed by atoms with van der Waals surface area (Å²) in [5.41, 5.74) is 16.7. The molecule has 2 unspecified atom stereocenters. The summed E-state index contributed by atoms with van der Waals surface area (Å²) in [6, 6.07) is 10.1. The number of aryl methyl sites for hydroxylation is 4. The van der Waals surface area contributed by atoms with Crippen LogP contribution in [-0.4, -0.2) is 126 Å². The van der Waals surface area contributed by atoms with E-state index in [0.717, 1.165) is 43.5 Å². The number of halogens is 1. The van der Waals surface area contributed by atoms with Gasteiger partial charge in [-0.25, -0.2) is 15.0 Å². The molecule has 0 radical (unpaired) electrons. The van der Waals surface area contributed by atoms with Crippen LogP contribution in [0.3, 0.4) is 0 Å². The summed E-state index contributed by atoms with van der Waals surface area (Å²) in [7, 11) is 1.48. The van der Waals surface area contributed by atoms with Gasteiger partial charge in [-0.15, -0.1) is 0 Å². The number of primary amides is 2. The Morgan fingerprint density at radius 3 is 2.21 bits per heavy atom. The average molecular weight is 1210 g/mol. The molecule has 0 saturated carbocycles. The number of hydrogen-bond donors (Lipinski definition) is 3. The quantitative estimate of drug-likeness (QED) is 0.0164. The number of rotatable bonds is 25. The highest BCUT2D eigenvalue weighted by Gasteiger charge is 2.49. The molecule has 422 valence electrons. The monoisotopic (exact) mass is 1200 g/mol. The molecule has 0 spiro atoms. The first-order chi connectivity index (χ1) is 38.4. The first-order valence-corrected chi connectivity index (χ1v) is 28.5. The van der Waals surface area contributed by atoms with Crippen LogP contribution in [0.5, 0.6) is 11.5 Å². The maximum Gasteiger partial charge on any atom is 0.276 e. The fourth-order valence-corrected chi connectivity index (χ4v) is 11.9. The molecule has 7 aromatic rings. The second kappa shape index (κ2) is 23.9. The number of methoxy groups -OCH3 is 1. The van der Waals surface area contributed by atoms with Crippen molar-refractivity contribution in [3.8, 4) is 23.0 Å². The minimum absolute atomic E-state index is 0.0695. The van der Waals surface area contributed by atoms with Crippen LogP contribution >= 0.6 is 22.6 Å². The predicted molar refractivity (Wildman–Crippen MR) is 311 cm³/mol. The van der Waals surface area contributed by atoms with E-state index in [1.54, 1.807) is 44.6 Å². The number of benzene rings is 2. The molecule has 23 heteroatoms. The summed E-state index contributed by atoms with van der Waals surface area (Å²) in [6.45, 7) is 14.6. The van der Waals surface area contributed by atoms with E-state index < -0.39 is 17.7 Å². The lowest BCUT2D eigenvalue weighted by molar-refractivity contribution is -0.142. The van der Waals surface area contributed by atoms with Crippen LogP contribution in [-0.2, 0) is 40.6 Å². The molecule has 5 aromatic heterocycles. The number of nitrogens with two attached hydrogens (primary N) is 2. The van der Waals surface area contributed by atoms with Gasteiger partial charge in [0.2, 0.25) is 35.5 Å². The number of nitrogens with one attached hydrogen (secondary N) is 1. The number of hydrogen-bond acceptors (Lipinski definition) is 13. The Morgan fingerprint density at radius 2 is 1.52 bits per heavy atom. The van der Waals surface area contributed by atoms with Crippen molar-refractivity contribution in [1.29, 1.82) is 0 Å². The minimum atomic E-state index is -0.669. The molecule has 9 rings (SSSR count). The van der Waals surface area contributed by atoms with Crippen LogP contribution in [0.25, 0.3) is 44.5 Å². The SMILES string of the molecule is CCCCCC(I)(CC)C1CC(=O)N(CCC(=O)N2CC(CCOc3cc(C(N)=O)cc4c5cnc(-c6cc(C)nn6CC)nc5n(C/C=C/Cn5c(NC(=O)c6cc(C)nn6CC)nc6cc(C(N)=O)cc(OC)c65)c34)C2)C1=O. The molecule has 80 heavy (non-hydrogen) atoms. The number of fused-ring (bicyclic) bond motifs is 4. The lowest BCUT2D eigenvalue weighted by Gasteiger charge is -2.39. The highest BCUT2D eigenvalue weighted by molar-refractivity contribution is 14.1. The number of anilines is 1. The van der Waals surface area contributed by atoms with Crippen molar-refractivity contribution in [2.45, 2.75) is 123 Å². The molecule has 2 aliphatic heterocycles. The molecule has 0 aliphatic carbocycles. The van der Waals surface area contributed by atoms with Gasteiger partial charge in [0.25, 0.3) is 5.91 Å². The van der Waals surface area contributed by atoms with E-state index in [1.165, 1.54) is 18.1 Å². The summed E-state index contributed by atoms with van der Waals surface area (Å²) in [6.07, 6.45) is 11.3. The van der Waals surface area contributed by atoms with Gasteiger partial charge in [0.15, 0.2) is 5.82 Å². The van der Waals surface area contributed by atoms with Crippen molar-refractivity contribution in [3.05, 3.63) is 83.0 Å². The zero-order chi connectivity index (χ0) is 57.2. The van der Waals surface area contributed by atoms with E-state index >= 15 is 0 Å². The Morgan fingerprint density at radius 1 is 0.838 bits per heavy atom. The fourth-order valence-electron chi connectivity index (χ4n) is 11.0. The normalized spacial score (nSPS) is 15.7. The van der Waals surface area contributed by atoms with Gasteiger partial charge < -0.3 is 35.0 Å². The van der Waals surface area contributed by atoms with Crippen LogP contribution < -0.4 is 26.3 Å². The van der Waals surface area contributed by atoms with E-state index in [2.05, 4.69) is 52.0 Å². The van der Waals surface area contributed by atoms with Crippen molar-refractivity contribution < 1.29 is 38.2 Å². The second-order valence-electron chi connectivity index (χ2n) is 20.7. The Kier molecular flexibility index (Phi) is 17.1. The second-order valence-corrected chi connectivity index (χ2v) is 22.8. The zero-order valence-corrected chi connectivity index (χ0v) is 48.5. The zero-order valence-electron chi connectivity index (χ0n) is 46.4. The highest BCUT2D eigenvalue weighted by Crippen LogP contribution is 2.43. The average Bonchev–Trinajstić information content (AvgIpc) is 4.24. The highest BCUT2D eigenvalue weighted by atomic mass is 127. The molecule has 2 aliphatic rings. The molecule has 2 saturated heterocycles. The number of unbranched alkanes of at least 4 members (excludes halogenated alkanes) is 2. The van der Waals surface area contributed by atoms with Crippen molar-refractivity contribution in [2.75, 3.05) is 38.7 Å². The number of ether oxygens (including phenoxy) is 2. The van der Waals surface area contributed by atoms with Gasteiger partial charge in [0.1, 0.15) is 34.1 Å². The Hall–Kier alpha value is -7.70. The molecule has 2 aromatic carbocycles. The Labute approximate surface area is 476 Å². The fraction of sp³-hybridized carbons (Fsp3) is 0.456. The number of likely N-dealkylation sites (tertiary alicyclic amines) is 2. The third kappa shape index (κ3) is 11.4. The molecular formula is C57H69IN14O8. The van der Waals surface area contributed by atoms with Crippen LogP contribution in [0.15, 0.2) is 54.7 Å². The van der Waals surface area contributed by atoms with Gasteiger partial charge in [-0.2, -0.15) is 10.2 Å². The van der Waals surface area contributed by atoms with Crippen LogP contribution in [0.4, 0.5) is 5.95 Å². The van der Waals surface area contributed by atoms with Gasteiger partial charge >= 0.3 is 0 Å². The molecule has 2 fully saturated rings. The van der Waals surface area contributed by atoms with Crippen molar-refractivity contribution in [1.82, 2.24) is 53.4 Å². The van der Waals surface area contributed by atoms with E-state index in [9.17, 15) is 28.8 Å². The molecular weight excluding hydrogens is 1140 g/mol. The first kappa shape index (κ1) is 57.0. The van der Waals surface area contributed by atoms with E-state index in [1.807, 2.05) is 55.2 Å². The number of alkyl halides is 1. The molecule has 22 nitrogen and oxygen atoms in total. The Bertz CT molecular complexity index is 3590. The number of nitrogens with zero attached hydrogens (tertiary/aromatic N) is 11. The van der Waals surface area contributed by atoms with Gasteiger partial charge in [-0.1, -0.05) is 67.9 Å². The van der Waals surface area contributed by atoms with E-state index in [-0.39, 0.29) is 89.1 Å². The summed E-state index contributed by atoms with van der Waals surface area (Å²) in [5.74, 6) is -1.11.